The number of benzene rings is 1. The summed E-state index contributed by atoms with van der Waals surface area (Å²) in [5.74, 6) is 0.336. The van der Waals surface area contributed by atoms with Crippen molar-refractivity contribution < 1.29 is 17.6 Å². The highest BCUT2D eigenvalue weighted by atomic mass is 32.2. The van der Waals surface area contributed by atoms with E-state index in [4.69, 9.17) is 4.42 Å². The van der Waals surface area contributed by atoms with Crippen LogP contribution in [0, 0.1) is 6.92 Å². The van der Waals surface area contributed by atoms with E-state index in [0.29, 0.717) is 22.1 Å². The van der Waals surface area contributed by atoms with Crippen molar-refractivity contribution in [2.24, 2.45) is 0 Å². The molecule has 4 rings (SSSR count). The van der Waals surface area contributed by atoms with Crippen molar-refractivity contribution in [3.05, 3.63) is 69.7 Å². The van der Waals surface area contributed by atoms with Crippen LogP contribution in [-0.2, 0) is 11.9 Å². The highest BCUT2D eigenvalue weighted by Gasteiger charge is 2.31. The molecule has 5 nitrogen and oxygen atoms in total. The van der Waals surface area contributed by atoms with Gasteiger partial charge < -0.3 is 4.42 Å². The van der Waals surface area contributed by atoms with Crippen molar-refractivity contribution in [2.75, 3.05) is 0 Å². The summed E-state index contributed by atoms with van der Waals surface area (Å²) in [6, 6.07) is 9.15. The molecule has 0 unspecified atom stereocenters. The summed E-state index contributed by atoms with van der Waals surface area (Å²) in [6.07, 6.45) is -3.48. The number of nitrogens with zero attached hydrogens (tertiary/aromatic N) is 3. The molecule has 0 aliphatic heterocycles. The minimum Gasteiger partial charge on any atom is -0.423 e. The molecule has 3 aromatic heterocycles. The third-order valence-corrected chi connectivity index (χ3v) is 5.03. The molecular weight excluding hydrogens is 379 g/mol. The van der Waals surface area contributed by atoms with Crippen LogP contribution in [0.2, 0.25) is 0 Å². The van der Waals surface area contributed by atoms with Crippen LogP contribution in [0.3, 0.4) is 0 Å². The molecule has 3 heterocycles. The van der Waals surface area contributed by atoms with Gasteiger partial charge in [-0.15, -0.1) is 10.2 Å². The number of pyridine rings is 1. The molecule has 0 aliphatic carbocycles. The van der Waals surface area contributed by atoms with Crippen LogP contribution in [0.5, 0.6) is 0 Å². The van der Waals surface area contributed by atoms with Gasteiger partial charge in [-0.1, -0.05) is 23.9 Å². The summed E-state index contributed by atoms with van der Waals surface area (Å²) in [4.78, 5) is 11.8. The Balaban J connectivity index is 1.70. The van der Waals surface area contributed by atoms with Crippen LogP contribution in [0.25, 0.3) is 16.6 Å². The van der Waals surface area contributed by atoms with Crippen LogP contribution < -0.4 is 5.63 Å². The standard InChI is InChI=1S/C18H12F3N3O2S/c1-10-2-4-13-11(7-16(25)26-14(13)6-10)9-27-17-23-22-15-5-3-12(8-24(15)17)18(19,20)21/h2-8H,9H2,1H3. The maximum atomic E-state index is 12.9. The molecular formula is C18H12F3N3O2S. The molecule has 0 spiro atoms. The van der Waals surface area contributed by atoms with Crippen molar-refractivity contribution >= 4 is 28.4 Å². The Bertz CT molecular complexity index is 1210. The fourth-order valence-corrected chi connectivity index (χ4v) is 3.64. The predicted molar refractivity (Wildman–Crippen MR) is 94.8 cm³/mol. The van der Waals surface area contributed by atoms with Crippen LogP contribution in [-0.4, -0.2) is 14.6 Å². The van der Waals surface area contributed by atoms with Crippen LogP contribution in [0.4, 0.5) is 13.2 Å². The van der Waals surface area contributed by atoms with Crippen molar-refractivity contribution in [3.8, 4) is 0 Å². The first-order valence-corrected chi connectivity index (χ1v) is 8.88. The SMILES string of the molecule is Cc1ccc2c(CSc3nnc4ccc(C(F)(F)F)cn34)cc(=O)oc2c1. The summed E-state index contributed by atoms with van der Waals surface area (Å²) >= 11 is 1.20. The Hall–Kier alpha value is -2.81. The maximum absolute atomic E-state index is 12.9. The lowest BCUT2D eigenvalue weighted by atomic mass is 10.1. The number of fused-ring (bicyclic) bond motifs is 2. The first-order chi connectivity index (χ1) is 12.8. The molecule has 0 saturated carbocycles. The Labute approximate surface area is 154 Å². The van der Waals surface area contributed by atoms with E-state index in [2.05, 4.69) is 10.2 Å². The monoisotopic (exact) mass is 391 g/mol. The van der Waals surface area contributed by atoms with Gasteiger partial charge in [0.05, 0.1) is 5.56 Å². The second-order valence-corrected chi connectivity index (χ2v) is 6.95. The number of aryl methyl sites for hydroxylation is 1. The number of aromatic nitrogens is 3. The van der Waals surface area contributed by atoms with E-state index in [1.54, 1.807) is 6.07 Å². The minimum atomic E-state index is -4.45. The van der Waals surface area contributed by atoms with Gasteiger partial charge in [-0.05, 0) is 36.2 Å². The van der Waals surface area contributed by atoms with E-state index in [9.17, 15) is 18.0 Å². The summed E-state index contributed by atoms with van der Waals surface area (Å²) in [7, 11) is 0. The van der Waals surface area contributed by atoms with Gasteiger partial charge in [0.2, 0.25) is 0 Å². The first-order valence-electron chi connectivity index (χ1n) is 7.89. The number of halogens is 3. The number of hydrogen-bond acceptors (Lipinski definition) is 5. The normalized spacial score (nSPS) is 12.1. The Kier molecular flexibility index (Phi) is 4.18. The van der Waals surface area contributed by atoms with Crippen LogP contribution in [0.15, 0.2) is 57.0 Å². The highest BCUT2D eigenvalue weighted by molar-refractivity contribution is 7.98. The third kappa shape index (κ3) is 3.42. The number of hydrogen-bond donors (Lipinski definition) is 0. The zero-order chi connectivity index (χ0) is 19.2. The molecule has 138 valence electrons. The molecule has 0 saturated heterocycles. The Morgan fingerprint density at radius 3 is 2.74 bits per heavy atom. The van der Waals surface area contributed by atoms with Crippen molar-refractivity contribution in [2.45, 2.75) is 24.0 Å². The van der Waals surface area contributed by atoms with Crippen LogP contribution in [0.1, 0.15) is 16.7 Å². The lowest BCUT2D eigenvalue weighted by Crippen LogP contribution is -2.06. The molecule has 0 aliphatic rings. The predicted octanol–water partition coefficient (Wildman–Crippen LogP) is 4.46. The molecule has 0 N–H and O–H groups in total. The molecule has 4 aromatic rings. The molecule has 0 amide bonds. The van der Waals surface area contributed by atoms with Gasteiger partial charge in [0, 0.05) is 23.4 Å². The average molecular weight is 391 g/mol. The number of thioether (sulfide) groups is 1. The molecule has 27 heavy (non-hydrogen) atoms. The zero-order valence-electron chi connectivity index (χ0n) is 13.9. The van der Waals surface area contributed by atoms with E-state index in [0.717, 1.165) is 28.8 Å². The molecule has 0 radical (unpaired) electrons. The number of rotatable bonds is 3. The topological polar surface area (TPSA) is 60.4 Å². The molecule has 0 bridgehead atoms. The molecule has 0 fully saturated rings. The van der Waals surface area contributed by atoms with E-state index in [1.165, 1.54) is 28.3 Å². The summed E-state index contributed by atoms with van der Waals surface area (Å²) in [5, 5.41) is 8.93. The molecule has 9 heteroatoms. The second kappa shape index (κ2) is 6.41. The van der Waals surface area contributed by atoms with E-state index in [1.807, 2.05) is 19.1 Å². The average Bonchev–Trinajstić information content (AvgIpc) is 3.00. The quantitative estimate of drug-likeness (QED) is 0.381. The van der Waals surface area contributed by atoms with Gasteiger partial charge in [-0.3, -0.25) is 4.40 Å². The largest absolute Gasteiger partial charge is 0.423 e. The second-order valence-electron chi connectivity index (χ2n) is 6.01. The highest BCUT2D eigenvalue weighted by Crippen LogP contribution is 2.31. The van der Waals surface area contributed by atoms with Crippen LogP contribution >= 0.6 is 11.8 Å². The molecule has 1 aromatic carbocycles. The van der Waals surface area contributed by atoms with Gasteiger partial charge in [-0.2, -0.15) is 13.2 Å². The lowest BCUT2D eigenvalue weighted by molar-refractivity contribution is -0.137. The van der Waals surface area contributed by atoms with E-state index in [-0.39, 0.29) is 0 Å². The van der Waals surface area contributed by atoms with Gasteiger partial charge in [-0.25, -0.2) is 4.79 Å². The van der Waals surface area contributed by atoms with Gasteiger partial charge in [0.25, 0.3) is 0 Å². The smallest absolute Gasteiger partial charge is 0.417 e. The maximum Gasteiger partial charge on any atom is 0.417 e. The third-order valence-electron chi connectivity index (χ3n) is 4.04. The van der Waals surface area contributed by atoms with Gasteiger partial charge in [0.1, 0.15) is 5.58 Å². The fourth-order valence-electron chi connectivity index (χ4n) is 2.73. The number of alkyl halides is 3. The van der Waals surface area contributed by atoms with E-state index < -0.39 is 17.4 Å². The van der Waals surface area contributed by atoms with E-state index >= 15 is 0 Å². The summed E-state index contributed by atoms with van der Waals surface area (Å²) < 4.78 is 45.4. The minimum absolute atomic E-state index is 0.310. The fraction of sp³-hybridized carbons (Fsp3) is 0.167. The molecule has 0 atom stereocenters. The first kappa shape index (κ1) is 17.6. The van der Waals surface area contributed by atoms with Crippen molar-refractivity contribution in [1.29, 1.82) is 0 Å². The van der Waals surface area contributed by atoms with Gasteiger partial charge >= 0.3 is 11.8 Å². The zero-order valence-corrected chi connectivity index (χ0v) is 14.8. The van der Waals surface area contributed by atoms with Crippen molar-refractivity contribution in [1.82, 2.24) is 14.6 Å². The Morgan fingerprint density at radius 2 is 1.96 bits per heavy atom. The Morgan fingerprint density at radius 1 is 1.15 bits per heavy atom. The summed E-state index contributed by atoms with van der Waals surface area (Å²) in [5.41, 5.74) is 1.21. The van der Waals surface area contributed by atoms with Gasteiger partial charge in [0.15, 0.2) is 10.8 Å². The van der Waals surface area contributed by atoms with Crippen molar-refractivity contribution in [3.63, 3.8) is 0 Å². The lowest BCUT2D eigenvalue weighted by Gasteiger charge is -2.08. The summed E-state index contributed by atoms with van der Waals surface area (Å²) in [6.45, 7) is 1.89.